The summed E-state index contributed by atoms with van der Waals surface area (Å²) in [6.45, 7) is 6.97. The monoisotopic (exact) mass is 524 g/mol. The van der Waals surface area contributed by atoms with Crippen LogP contribution in [0.15, 0.2) is 121 Å². The van der Waals surface area contributed by atoms with E-state index in [1.807, 2.05) is 0 Å². The Kier molecular flexibility index (Phi) is 5.96. The van der Waals surface area contributed by atoms with Crippen molar-refractivity contribution in [3.8, 4) is 0 Å². The van der Waals surface area contributed by atoms with Gasteiger partial charge in [-0.05, 0) is 0 Å². The van der Waals surface area contributed by atoms with Crippen LogP contribution in [-0.2, 0) is 0 Å². The molecule has 0 amide bonds. The maximum atomic E-state index is 4.67. The Labute approximate surface area is 211 Å². The van der Waals surface area contributed by atoms with Gasteiger partial charge in [-0.1, -0.05) is 0 Å². The molecule has 1 atom stereocenters. The summed E-state index contributed by atoms with van der Waals surface area (Å²) in [6.07, 6.45) is 0. The topological polar surface area (TPSA) is 0 Å². The fourth-order valence-corrected chi connectivity index (χ4v) is 13.8. The number of hydrogen-bond donors (Lipinski definition) is 0. The SMILES string of the molecule is Cc1cc(C(C)P(Br)(c2ccccc2)(c2ccccc2)c2ccccc2)c(C)c2ccccc12. The molecule has 1 unspecified atom stereocenters. The van der Waals surface area contributed by atoms with Gasteiger partial charge in [-0.15, -0.1) is 0 Å². The van der Waals surface area contributed by atoms with Crippen molar-refractivity contribution in [3.63, 3.8) is 0 Å². The van der Waals surface area contributed by atoms with Gasteiger partial charge in [0.2, 0.25) is 0 Å². The molecule has 0 spiro atoms. The third-order valence-electron chi connectivity index (χ3n) is 7.52. The fourth-order valence-electron chi connectivity index (χ4n) is 5.70. The van der Waals surface area contributed by atoms with Gasteiger partial charge in [0, 0.05) is 0 Å². The summed E-state index contributed by atoms with van der Waals surface area (Å²) in [6, 6.07) is 44.5. The van der Waals surface area contributed by atoms with E-state index in [1.54, 1.807) is 0 Å². The second-order valence-corrected chi connectivity index (χ2v) is 18.1. The molecule has 0 aliphatic carbocycles. The van der Waals surface area contributed by atoms with Gasteiger partial charge in [0.15, 0.2) is 0 Å². The van der Waals surface area contributed by atoms with E-state index >= 15 is 0 Å². The van der Waals surface area contributed by atoms with E-state index in [4.69, 9.17) is 0 Å². The van der Waals surface area contributed by atoms with Crippen LogP contribution in [0.25, 0.3) is 10.8 Å². The van der Waals surface area contributed by atoms with Gasteiger partial charge in [0.1, 0.15) is 0 Å². The Morgan fingerprint density at radius 1 is 0.559 bits per heavy atom. The normalized spacial score (nSPS) is 13.8. The van der Waals surface area contributed by atoms with Crippen molar-refractivity contribution in [1.29, 1.82) is 0 Å². The van der Waals surface area contributed by atoms with Crippen LogP contribution in [0.1, 0.15) is 29.3 Å². The summed E-state index contributed by atoms with van der Waals surface area (Å²) in [5.41, 5.74) is 4.31. The number of halogens is 1. The van der Waals surface area contributed by atoms with Crippen LogP contribution >= 0.6 is 20.8 Å². The van der Waals surface area contributed by atoms with E-state index in [-0.39, 0.29) is 5.66 Å². The molecule has 0 aromatic heterocycles. The van der Waals surface area contributed by atoms with E-state index < -0.39 is 5.31 Å². The number of hydrogen-bond acceptors (Lipinski definition) is 0. The Morgan fingerprint density at radius 3 is 1.38 bits per heavy atom. The molecule has 0 N–H and O–H groups in total. The minimum absolute atomic E-state index is 0.210. The number of rotatable bonds is 5. The van der Waals surface area contributed by atoms with Gasteiger partial charge in [-0.25, -0.2) is 0 Å². The molecule has 0 saturated heterocycles. The number of benzene rings is 5. The molecule has 5 rings (SSSR count). The van der Waals surface area contributed by atoms with Gasteiger partial charge in [0.05, 0.1) is 0 Å². The molecule has 0 nitrogen and oxygen atoms in total. The molecule has 0 fully saturated rings. The van der Waals surface area contributed by atoms with E-state index in [2.05, 4.69) is 158 Å². The molecule has 170 valence electrons. The Balaban J connectivity index is 1.94. The molecule has 0 saturated carbocycles. The zero-order valence-electron chi connectivity index (χ0n) is 19.9. The van der Waals surface area contributed by atoms with Crippen LogP contribution in [0.3, 0.4) is 0 Å². The van der Waals surface area contributed by atoms with Gasteiger partial charge < -0.3 is 0 Å². The number of fused-ring (bicyclic) bond motifs is 1. The van der Waals surface area contributed by atoms with E-state index in [0.717, 1.165) is 0 Å². The molecule has 2 heteroatoms. The average Bonchev–Trinajstić information content (AvgIpc) is 2.91. The summed E-state index contributed by atoms with van der Waals surface area (Å²) in [5, 5.41) is 3.61. The maximum absolute atomic E-state index is 4.67. The van der Waals surface area contributed by atoms with E-state index in [0.29, 0.717) is 0 Å². The summed E-state index contributed by atoms with van der Waals surface area (Å²) < 4.78 is 0. The molecule has 0 aliphatic heterocycles. The van der Waals surface area contributed by atoms with Gasteiger partial charge in [-0.2, -0.15) is 0 Å². The van der Waals surface area contributed by atoms with Crippen molar-refractivity contribution in [2.75, 3.05) is 0 Å². The standard InChI is InChI=1S/C32H30BrP/c1-24-23-32(25(2)31-22-14-13-21-30(24)31)26(3)34(33,27-15-7-4-8-16-27,28-17-9-5-10-18-28)29-19-11-6-12-20-29/h4-23,26H,1-3H3. The summed E-state index contributed by atoms with van der Waals surface area (Å²) in [4.78, 5) is 0. The van der Waals surface area contributed by atoms with Crippen LogP contribution in [0, 0.1) is 13.8 Å². The molecule has 0 radical (unpaired) electrons. The molecular weight excluding hydrogens is 495 g/mol. The molecule has 5 aromatic rings. The zero-order chi connectivity index (χ0) is 23.8. The van der Waals surface area contributed by atoms with E-state index in [9.17, 15) is 0 Å². The first-order chi connectivity index (χ1) is 16.5. The first-order valence-electron chi connectivity index (χ1n) is 11.9. The Hall–Kier alpha value is -2.73. The van der Waals surface area contributed by atoms with Crippen LogP contribution in [0.2, 0.25) is 0 Å². The molecule has 0 bridgehead atoms. The van der Waals surface area contributed by atoms with Crippen molar-refractivity contribution in [2.24, 2.45) is 0 Å². The predicted octanol–water partition coefficient (Wildman–Crippen LogP) is 8.36. The fraction of sp³-hybridized carbons (Fsp3) is 0.125. The van der Waals surface area contributed by atoms with Crippen LogP contribution in [-0.4, -0.2) is 0 Å². The van der Waals surface area contributed by atoms with Crippen molar-refractivity contribution >= 4 is 47.5 Å². The Bertz CT molecular complexity index is 1340. The predicted molar refractivity (Wildman–Crippen MR) is 156 cm³/mol. The van der Waals surface area contributed by atoms with Crippen LogP contribution in [0.5, 0.6) is 0 Å². The number of aryl methyl sites for hydroxylation is 2. The third-order valence-corrected chi connectivity index (χ3v) is 18.7. The first kappa shape index (κ1) is 23.0. The first-order valence-corrected chi connectivity index (χ1v) is 16.2. The second kappa shape index (κ2) is 8.81. The average molecular weight is 525 g/mol. The van der Waals surface area contributed by atoms with Gasteiger partial charge in [-0.3, -0.25) is 0 Å². The van der Waals surface area contributed by atoms with Crippen molar-refractivity contribution in [3.05, 3.63) is 138 Å². The molecule has 0 heterocycles. The van der Waals surface area contributed by atoms with Crippen molar-refractivity contribution in [2.45, 2.75) is 26.4 Å². The molecular formula is C32H30BrP. The Morgan fingerprint density at radius 2 is 0.941 bits per heavy atom. The minimum atomic E-state index is -3.12. The molecule has 0 aliphatic rings. The van der Waals surface area contributed by atoms with Gasteiger partial charge >= 0.3 is 212 Å². The van der Waals surface area contributed by atoms with Crippen molar-refractivity contribution in [1.82, 2.24) is 0 Å². The zero-order valence-corrected chi connectivity index (χ0v) is 22.4. The van der Waals surface area contributed by atoms with Crippen LogP contribution < -0.4 is 15.9 Å². The second-order valence-electron chi connectivity index (χ2n) is 9.21. The van der Waals surface area contributed by atoms with E-state index in [1.165, 1.54) is 43.4 Å². The molecule has 5 aromatic carbocycles. The van der Waals surface area contributed by atoms with Crippen LogP contribution in [0.4, 0.5) is 0 Å². The molecule has 34 heavy (non-hydrogen) atoms. The summed E-state index contributed by atoms with van der Waals surface area (Å²) in [5.74, 6) is 0. The summed E-state index contributed by atoms with van der Waals surface area (Å²) >= 11 is 4.67. The summed E-state index contributed by atoms with van der Waals surface area (Å²) in [7, 11) is 0. The van der Waals surface area contributed by atoms with Crippen molar-refractivity contribution < 1.29 is 0 Å². The third kappa shape index (κ3) is 3.29. The quantitative estimate of drug-likeness (QED) is 0.202. The van der Waals surface area contributed by atoms with Gasteiger partial charge in [0.25, 0.3) is 0 Å².